The number of aryl methyl sites for hydroxylation is 1. The molecule has 0 aromatic heterocycles. The molecule has 2 rings (SSSR count). The van der Waals surface area contributed by atoms with Crippen LogP contribution in [-0.4, -0.2) is 5.78 Å². The van der Waals surface area contributed by atoms with Gasteiger partial charge in [-0.3, -0.25) is 4.79 Å². The summed E-state index contributed by atoms with van der Waals surface area (Å²) in [5.41, 5.74) is 6.23. The van der Waals surface area contributed by atoms with E-state index in [0.717, 1.165) is 52.0 Å². The number of hydrogen-bond acceptors (Lipinski definition) is 1. The van der Waals surface area contributed by atoms with Crippen molar-refractivity contribution in [3.8, 4) is 0 Å². The molecule has 2 heteroatoms. The molecule has 0 N–H and O–H groups in total. The minimum atomic E-state index is -0.213. The lowest BCUT2D eigenvalue weighted by Gasteiger charge is -2.08. The molecule has 0 aliphatic carbocycles. The monoisotopic (exact) mass is 402 g/mol. The lowest BCUT2D eigenvalue weighted by molar-refractivity contribution is 0.101. The van der Waals surface area contributed by atoms with E-state index in [9.17, 15) is 9.18 Å². The second-order valence-electron chi connectivity index (χ2n) is 7.91. The first-order valence-electron chi connectivity index (χ1n) is 10.3. The Balaban J connectivity index is 2.38. The fraction of sp³-hybridized carbons (Fsp3) is 0.250. The summed E-state index contributed by atoms with van der Waals surface area (Å²) in [5.74, 6) is -0.191. The number of allylic oxidation sites excluding steroid dienone is 5. The molecule has 2 aromatic carbocycles. The van der Waals surface area contributed by atoms with Crippen molar-refractivity contribution in [3.63, 3.8) is 0 Å². The van der Waals surface area contributed by atoms with E-state index in [2.05, 4.69) is 45.2 Å². The summed E-state index contributed by atoms with van der Waals surface area (Å²) >= 11 is 0. The lowest BCUT2D eigenvalue weighted by Crippen LogP contribution is -2.32. The van der Waals surface area contributed by atoms with Crippen molar-refractivity contribution in [2.45, 2.75) is 47.0 Å². The SMILES string of the molecule is C=C(C)C=C(C)CC=c1c(C(C)=CCCc2ccc(F)cc2)ccc(C(C)=O)c1=C. The van der Waals surface area contributed by atoms with Crippen molar-refractivity contribution < 1.29 is 9.18 Å². The molecular weight excluding hydrogens is 371 g/mol. The van der Waals surface area contributed by atoms with Gasteiger partial charge in [-0.25, -0.2) is 4.39 Å². The fourth-order valence-corrected chi connectivity index (χ4v) is 3.53. The Bertz CT molecular complexity index is 1100. The van der Waals surface area contributed by atoms with Crippen molar-refractivity contribution in [1.29, 1.82) is 0 Å². The third-order valence-electron chi connectivity index (χ3n) is 5.08. The fourth-order valence-electron chi connectivity index (χ4n) is 3.53. The predicted octanol–water partition coefficient (Wildman–Crippen LogP) is 6.17. The van der Waals surface area contributed by atoms with Gasteiger partial charge in [0.25, 0.3) is 0 Å². The Morgan fingerprint density at radius 2 is 1.63 bits per heavy atom. The zero-order valence-electron chi connectivity index (χ0n) is 18.5. The van der Waals surface area contributed by atoms with Crippen LogP contribution < -0.4 is 10.4 Å². The van der Waals surface area contributed by atoms with Crippen molar-refractivity contribution in [1.82, 2.24) is 0 Å². The average molecular weight is 403 g/mol. The number of rotatable bonds is 8. The zero-order valence-corrected chi connectivity index (χ0v) is 18.5. The molecule has 0 aliphatic heterocycles. The van der Waals surface area contributed by atoms with E-state index < -0.39 is 0 Å². The van der Waals surface area contributed by atoms with Crippen LogP contribution in [0.2, 0.25) is 0 Å². The van der Waals surface area contributed by atoms with Crippen molar-refractivity contribution in [2.75, 3.05) is 0 Å². The highest BCUT2D eigenvalue weighted by Gasteiger charge is 2.07. The van der Waals surface area contributed by atoms with Gasteiger partial charge in [0.1, 0.15) is 5.82 Å². The van der Waals surface area contributed by atoms with E-state index in [-0.39, 0.29) is 11.6 Å². The third-order valence-corrected chi connectivity index (χ3v) is 5.08. The number of benzene rings is 2. The van der Waals surface area contributed by atoms with Gasteiger partial charge in [-0.2, -0.15) is 0 Å². The van der Waals surface area contributed by atoms with Gasteiger partial charge in [0.2, 0.25) is 0 Å². The minimum Gasteiger partial charge on any atom is -0.294 e. The van der Waals surface area contributed by atoms with E-state index in [1.807, 2.05) is 31.2 Å². The van der Waals surface area contributed by atoms with Crippen LogP contribution in [0.25, 0.3) is 18.2 Å². The summed E-state index contributed by atoms with van der Waals surface area (Å²) in [6.45, 7) is 15.9. The zero-order chi connectivity index (χ0) is 22.3. The Morgan fingerprint density at radius 3 is 2.23 bits per heavy atom. The van der Waals surface area contributed by atoms with Crippen molar-refractivity contribution in [3.05, 3.63) is 99.2 Å². The summed E-state index contributed by atoms with van der Waals surface area (Å²) < 4.78 is 13.1. The normalized spacial score (nSPS) is 12.9. The number of ketones is 1. The number of halogens is 1. The van der Waals surface area contributed by atoms with Gasteiger partial charge in [-0.05, 0) is 86.2 Å². The van der Waals surface area contributed by atoms with Crippen LogP contribution in [0.3, 0.4) is 0 Å². The van der Waals surface area contributed by atoms with Crippen LogP contribution in [0.15, 0.2) is 66.3 Å². The first-order valence-corrected chi connectivity index (χ1v) is 10.3. The van der Waals surface area contributed by atoms with Gasteiger partial charge >= 0.3 is 0 Å². The third kappa shape index (κ3) is 6.52. The quantitative estimate of drug-likeness (QED) is 0.381. The van der Waals surface area contributed by atoms with E-state index in [4.69, 9.17) is 0 Å². The highest BCUT2D eigenvalue weighted by atomic mass is 19.1. The maximum atomic E-state index is 13.1. The van der Waals surface area contributed by atoms with Crippen LogP contribution in [0.5, 0.6) is 0 Å². The van der Waals surface area contributed by atoms with Gasteiger partial charge in [0, 0.05) is 5.56 Å². The smallest absolute Gasteiger partial charge is 0.160 e. The molecule has 0 atom stereocenters. The summed E-state index contributed by atoms with van der Waals surface area (Å²) in [6.07, 6.45) is 8.88. The predicted molar refractivity (Wildman–Crippen MR) is 127 cm³/mol. The standard InChI is InChI=1S/C28H31FO/c1-19(2)18-20(3)10-15-28-22(5)27(23(6)30)17-16-26(28)21(4)8-7-9-24-11-13-25(29)14-12-24/h8,11-18H,1,5,7,9-10H2,2-4,6H3. The maximum Gasteiger partial charge on any atom is 0.160 e. The largest absolute Gasteiger partial charge is 0.294 e. The molecule has 0 heterocycles. The molecule has 30 heavy (non-hydrogen) atoms. The summed E-state index contributed by atoms with van der Waals surface area (Å²) in [7, 11) is 0. The molecule has 0 unspecified atom stereocenters. The lowest BCUT2D eigenvalue weighted by atomic mass is 9.96. The molecule has 0 radical (unpaired) electrons. The van der Waals surface area contributed by atoms with E-state index in [1.165, 1.54) is 17.7 Å². The minimum absolute atomic E-state index is 0.0216. The molecule has 0 saturated heterocycles. The molecule has 0 fully saturated rings. The van der Waals surface area contributed by atoms with Crippen molar-refractivity contribution in [2.24, 2.45) is 0 Å². The Kier molecular flexibility index (Phi) is 8.29. The van der Waals surface area contributed by atoms with Crippen LogP contribution in [0, 0.1) is 5.82 Å². The molecule has 2 aromatic rings. The van der Waals surface area contributed by atoms with E-state index in [0.29, 0.717) is 5.56 Å². The van der Waals surface area contributed by atoms with Gasteiger partial charge in [-0.1, -0.05) is 66.8 Å². The molecule has 0 saturated carbocycles. The van der Waals surface area contributed by atoms with E-state index in [1.54, 1.807) is 6.92 Å². The van der Waals surface area contributed by atoms with Crippen LogP contribution in [0.4, 0.5) is 4.39 Å². The molecular formula is C28H31FO. The maximum absolute atomic E-state index is 13.1. The Labute approximate surface area is 179 Å². The number of Topliss-reactive ketones (excluding diaryl/α,β-unsaturated/α-hetero) is 1. The Morgan fingerprint density at radius 1 is 1.00 bits per heavy atom. The average Bonchev–Trinajstić information content (AvgIpc) is 2.67. The molecule has 1 nitrogen and oxygen atoms in total. The molecule has 0 spiro atoms. The number of carbonyl (C=O) groups excluding carboxylic acids is 1. The van der Waals surface area contributed by atoms with Gasteiger partial charge in [0.15, 0.2) is 5.78 Å². The molecule has 0 aliphatic rings. The highest BCUT2D eigenvalue weighted by molar-refractivity contribution is 5.94. The molecule has 0 bridgehead atoms. The second kappa shape index (κ2) is 10.7. The second-order valence-corrected chi connectivity index (χ2v) is 7.91. The number of hydrogen-bond donors (Lipinski definition) is 0. The summed E-state index contributed by atoms with van der Waals surface area (Å²) in [6, 6.07) is 10.5. The topological polar surface area (TPSA) is 17.1 Å². The van der Waals surface area contributed by atoms with Gasteiger partial charge in [0.05, 0.1) is 0 Å². The summed E-state index contributed by atoms with van der Waals surface area (Å²) in [4.78, 5) is 12.0. The first kappa shape index (κ1) is 23.3. The number of carbonyl (C=O) groups is 1. The Hall–Kier alpha value is -3.00. The van der Waals surface area contributed by atoms with Gasteiger partial charge < -0.3 is 0 Å². The van der Waals surface area contributed by atoms with Gasteiger partial charge in [-0.15, -0.1) is 0 Å². The van der Waals surface area contributed by atoms with Crippen LogP contribution in [0.1, 0.15) is 62.0 Å². The molecule has 156 valence electrons. The highest BCUT2D eigenvalue weighted by Crippen LogP contribution is 2.14. The summed E-state index contributed by atoms with van der Waals surface area (Å²) in [5, 5.41) is 1.78. The van der Waals surface area contributed by atoms with E-state index >= 15 is 0 Å². The molecule has 0 amide bonds. The van der Waals surface area contributed by atoms with Crippen molar-refractivity contribution >= 4 is 24.0 Å². The van der Waals surface area contributed by atoms with Crippen LogP contribution in [-0.2, 0) is 6.42 Å². The first-order chi connectivity index (χ1) is 14.2. The van der Waals surface area contributed by atoms with Crippen LogP contribution >= 0.6 is 0 Å².